The van der Waals surface area contributed by atoms with Crippen molar-refractivity contribution in [3.63, 3.8) is 0 Å². The van der Waals surface area contributed by atoms with E-state index in [4.69, 9.17) is 10.00 Å². The molecule has 2 heterocycles. The molecule has 7 heteroatoms. The summed E-state index contributed by atoms with van der Waals surface area (Å²) >= 11 is 2.62. The molecule has 1 N–H and O–H groups in total. The Morgan fingerprint density at radius 3 is 2.85 bits per heavy atom. The van der Waals surface area contributed by atoms with Gasteiger partial charge in [0.05, 0.1) is 11.1 Å². The van der Waals surface area contributed by atoms with Crippen LogP contribution in [0, 0.1) is 11.3 Å². The van der Waals surface area contributed by atoms with Crippen LogP contribution >= 0.6 is 22.7 Å². The minimum atomic E-state index is -0.934. The largest absolute Gasteiger partial charge is 0.449 e. The number of anilines is 1. The fraction of sp³-hybridized carbons (Fsp3) is 0.154. The maximum Gasteiger partial charge on any atom is 0.339 e. The molecule has 0 aliphatic rings. The fourth-order valence-corrected chi connectivity index (χ4v) is 2.74. The van der Waals surface area contributed by atoms with Gasteiger partial charge in [-0.25, -0.2) is 4.79 Å². The van der Waals surface area contributed by atoms with Crippen LogP contribution < -0.4 is 5.32 Å². The van der Waals surface area contributed by atoms with Crippen LogP contribution in [0.2, 0.25) is 0 Å². The predicted molar refractivity (Wildman–Crippen MR) is 76.9 cm³/mol. The third-order valence-corrected chi connectivity index (χ3v) is 3.95. The third-order valence-electron chi connectivity index (χ3n) is 2.43. The standard InChI is InChI=1S/C13H10N2O3S2/c1-8(18-13(17)10-2-4-19-7-10)11(16)15-12-9(6-14)3-5-20-12/h2-5,7-8H,1H3,(H,15,16). The van der Waals surface area contributed by atoms with Crippen molar-refractivity contribution in [2.75, 3.05) is 5.32 Å². The Bertz CT molecular complexity index is 655. The van der Waals surface area contributed by atoms with Crippen molar-refractivity contribution in [2.45, 2.75) is 13.0 Å². The molecule has 1 amide bonds. The molecular weight excluding hydrogens is 296 g/mol. The SMILES string of the molecule is CC(OC(=O)c1ccsc1)C(=O)Nc1sccc1C#N. The topological polar surface area (TPSA) is 79.2 Å². The fourth-order valence-electron chi connectivity index (χ4n) is 1.37. The molecule has 2 aromatic rings. The van der Waals surface area contributed by atoms with E-state index in [0.29, 0.717) is 16.1 Å². The third kappa shape index (κ3) is 3.23. The van der Waals surface area contributed by atoms with Gasteiger partial charge in [-0.2, -0.15) is 16.6 Å². The van der Waals surface area contributed by atoms with E-state index in [1.807, 2.05) is 6.07 Å². The summed E-state index contributed by atoms with van der Waals surface area (Å²) in [5.41, 5.74) is 0.809. The van der Waals surface area contributed by atoms with Gasteiger partial charge in [-0.05, 0) is 29.8 Å². The molecule has 0 bridgehead atoms. The van der Waals surface area contributed by atoms with E-state index in [2.05, 4.69) is 5.32 Å². The van der Waals surface area contributed by atoms with Crippen molar-refractivity contribution < 1.29 is 14.3 Å². The Morgan fingerprint density at radius 2 is 2.20 bits per heavy atom. The summed E-state index contributed by atoms with van der Waals surface area (Å²) in [4.78, 5) is 23.6. The molecule has 102 valence electrons. The smallest absolute Gasteiger partial charge is 0.339 e. The number of nitrogens with zero attached hydrogens (tertiary/aromatic N) is 1. The number of nitrogens with one attached hydrogen (secondary N) is 1. The number of ether oxygens (including phenoxy) is 1. The molecule has 0 aliphatic heterocycles. The molecule has 0 saturated heterocycles. The second-order valence-electron chi connectivity index (χ2n) is 3.82. The number of hydrogen-bond acceptors (Lipinski definition) is 6. The number of rotatable bonds is 4. The summed E-state index contributed by atoms with van der Waals surface area (Å²) in [5.74, 6) is -1.01. The zero-order valence-electron chi connectivity index (χ0n) is 10.5. The van der Waals surface area contributed by atoms with E-state index in [9.17, 15) is 9.59 Å². The van der Waals surface area contributed by atoms with Crippen LogP contribution in [0.15, 0.2) is 28.3 Å². The van der Waals surface area contributed by atoms with E-state index in [1.54, 1.807) is 28.3 Å². The number of nitriles is 1. The summed E-state index contributed by atoms with van der Waals surface area (Å²) < 4.78 is 5.06. The number of thiophene rings is 2. The van der Waals surface area contributed by atoms with Crippen molar-refractivity contribution in [1.82, 2.24) is 0 Å². The maximum atomic E-state index is 11.9. The molecule has 0 saturated carbocycles. The lowest BCUT2D eigenvalue weighted by atomic mass is 10.3. The number of amides is 1. The van der Waals surface area contributed by atoms with Gasteiger partial charge in [-0.1, -0.05) is 0 Å². The summed E-state index contributed by atoms with van der Waals surface area (Å²) in [7, 11) is 0. The van der Waals surface area contributed by atoms with Crippen LogP contribution in [-0.4, -0.2) is 18.0 Å². The average molecular weight is 306 g/mol. The van der Waals surface area contributed by atoms with Gasteiger partial charge in [-0.3, -0.25) is 4.79 Å². The Morgan fingerprint density at radius 1 is 1.40 bits per heavy atom. The van der Waals surface area contributed by atoms with E-state index in [-0.39, 0.29) is 0 Å². The second kappa shape index (κ2) is 6.32. The van der Waals surface area contributed by atoms with E-state index < -0.39 is 18.0 Å². The highest BCUT2D eigenvalue weighted by Gasteiger charge is 2.20. The zero-order chi connectivity index (χ0) is 14.5. The van der Waals surface area contributed by atoms with E-state index >= 15 is 0 Å². The van der Waals surface area contributed by atoms with Gasteiger partial charge in [-0.15, -0.1) is 11.3 Å². The van der Waals surface area contributed by atoms with Gasteiger partial charge in [0.1, 0.15) is 11.1 Å². The van der Waals surface area contributed by atoms with E-state index in [0.717, 1.165) is 0 Å². The maximum absolute atomic E-state index is 11.9. The average Bonchev–Trinajstić information content (AvgIpc) is 3.09. The van der Waals surface area contributed by atoms with Crippen molar-refractivity contribution in [3.05, 3.63) is 39.4 Å². The molecule has 2 aromatic heterocycles. The molecule has 0 fully saturated rings. The Hall–Kier alpha value is -2.17. The first-order chi connectivity index (χ1) is 9.61. The quantitative estimate of drug-likeness (QED) is 0.881. The normalized spacial score (nSPS) is 11.4. The summed E-state index contributed by atoms with van der Waals surface area (Å²) in [6.07, 6.45) is -0.934. The van der Waals surface area contributed by atoms with Gasteiger partial charge in [0.25, 0.3) is 5.91 Å². The first-order valence-electron chi connectivity index (χ1n) is 5.63. The minimum Gasteiger partial charge on any atom is -0.449 e. The lowest BCUT2D eigenvalue weighted by Crippen LogP contribution is -2.29. The van der Waals surface area contributed by atoms with Crippen molar-refractivity contribution >= 4 is 39.6 Å². The molecule has 0 radical (unpaired) electrons. The Kier molecular flexibility index (Phi) is 4.50. The lowest BCUT2D eigenvalue weighted by molar-refractivity contribution is -0.123. The van der Waals surface area contributed by atoms with Gasteiger partial charge in [0.2, 0.25) is 0 Å². The van der Waals surface area contributed by atoms with Crippen molar-refractivity contribution in [2.24, 2.45) is 0 Å². The number of carbonyl (C=O) groups is 2. The van der Waals surface area contributed by atoms with Crippen LogP contribution in [0.4, 0.5) is 5.00 Å². The van der Waals surface area contributed by atoms with E-state index in [1.165, 1.54) is 29.6 Å². The lowest BCUT2D eigenvalue weighted by Gasteiger charge is -2.12. The number of hydrogen-bond donors (Lipinski definition) is 1. The molecule has 1 atom stereocenters. The summed E-state index contributed by atoms with van der Waals surface area (Å²) in [6.45, 7) is 1.49. The van der Waals surface area contributed by atoms with Crippen LogP contribution in [-0.2, 0) is 9.53 Å². The molecule has 2 rings (SSSR count). The second-order valence-corrected chi connectivity index (χ2v) is 5.52. The highest BCUT2D eigenvalue weighted by molar-refractivity contribution is 7.14. The Labute approximate surface area is 123 Å². The highest BCUT2D eigenvalue weighted by atomic mass is 32.1. The van der Waals surface area contributed by atoms with Crippen molar-refractivity contribution in [3.8, 4) is 6.07 Å². The van der Waals surface area contributed by atoms with Crippen LogP contribution in [0.3, 0.4) is 0 Å². The molecule has 1 unspecified atom stereocenters. The van der Waals surface area contributed by atoms with Gasteiger partial charge < -0.3 is 10.1 Å². The van der Waals surface area contributed by atoms with Crippen LogP contribution in [0.1, 0.15) is 22.8 Å². The number of carbonyl (C=O) groups excluding carboxylic acids is 2. The molecule has 0 aromatic carbocycles. The molecular formula is C13H10N2O3S2. The van der Waals surface area contributed by atoms with Gasteiger partial charge in [0.15, 0.2) is 6.10 Å². The van der Waals surface area contributed by atoms with Gasteiger partial charge in [0, 0.05) is 5.38 Å². The minimum absolute atomic E-state index is 0.389. The zero-order valence-corrected chi connectivity index (χ0v) is 12.1. The molecule has 5 nitrogen and oxygen atoms in total. The summed E-state index contributed by atoms with van der Waals surface area (Å²) in [6, 6.07) is 5.22. The summed E-state index contributed by atoms with van der Waals surface area (Å²) in [5, 5.41) is 17.0. The molecule has 0 spiro atoms. The Balaban J connectivity index is 1.96. The van der Waals surface area contributed by atoms with Crippen LogP contribution in [0.25, 0.3) is 0 Å². The monoisotopic (exact) mass is 306 g/mol. The van der Waals surface area contributed by atoms with Crippen LogP contribution in [0.5, 0.6) is 0 Å². The number of esters is 1. The molecule has 0 aliphatic carbocycles. The molecule has 20 heavy (non-hydrogen) atoms. The first kappa shape index (κ1) is 14.2. The predicted octanol–water partition coefficient (Wildman–Crippen LogP) is 2.87. The van der Waals surface area contributed by atoms with Gasteiger partial charge >= 0.3 is 5.97 Å². The van der Waals surface area contributed by atoms with Crippen molar-refractivity contribution in [1.29, 1.82) is 5.26 Å². The highest BCUT2D eigenvalue weighted by Crippen LogP contribution is 2.22. The first-order valence-corrected chi connectivity index (χ1v) is 7.45.